The summed E-state index contributed by atoms with van der Waals surface area (Å²) in [7, 11) is 0. The van der Waals surface area contributed by atoms with E-state index in [1.54, 1.807) is 10.4 Å². The van der Waals surface area contributed by atoms with Gasteiger partial charge in [-0.25, -0.2) is 0 Å². The monoisotopic (exact) mass is 244 g/mol. The summed E-state index contributed by atoms with van der Waals surface area (Å²) < 4.78 is 1.46. The third-order valence-corrected chi connectivity index (χ3v) is 5.35. The summed E-state index contributed by atoms with van der Waals surface area (Å²) in [5.41, 5.74) is 1.62. The van der Waals surface area contributed by atoms with Crippen LogP contribution in [0.5, 0.6) is 0 Å². The highest BCUT2D eigenvalue weighted by Crippen LogP contribution is 2.41. The maximum absolute atomic E-state index is 3.53. The van der Waals surface area contributed by atoms with Crippen molar-refractivity contribution < 1.29 is 0 Å². The maximum Gasteiger partial charge on any atom is 0.0570 e. The van der Waals surface area contributed by atoms with Gasteiger partial charge in [0.1, 0.15) is 0 Å². The van der Waals surface area contributed by atoms with Gasteiger partial charge < -0.3 is 5.32 Å². The second-order valence-electron chi connectivity index (χ2n) is 4.95. The van der Waals surface area contributed by atoms with Crippen molar-refractivity contribution in [3.8, 4) is 0 Å². The molecule has 2 aromatic rings. The lowest BCUT2D eigenvalue weighted by atomic mass is 9.97. The zero-order valence-electron chi connectivity index (χ0n) is 9.78. The molecule has 1 atom stereocenters. The molecule has 1 aromatic carbocycles. The van der Waals surface area contributed by atoms with Gasteiger partial charge in [-0.2, -0.15) is 0 Å². The van der Waals surface area contributed by atoms with Gasteiger partial charge in [0.2, 0.25) is 0 Å². The fraction of sp³-hybridized carbons (Fsp3) is 0.429. The van der Waals surface area contributed by atoms with Gasteiger partial charge in [0.15, 0.2) is 0 Å². The number of fused-ring (bicyclic) bond motifs is 5. The normalized spacial score (nSPS) is 24.6. The molecule has 0 bridgehead atoms. The molecule has 88 valence electrons. The van der Waals surface area contributed by atoms with Crippen LogP contribution in [0.1, 0.15) is 16.5 Å². The van der Waals surface area contributed by atoms with Crippen molar-refractivity contribution in [2.45, 2.75) is 12.5 Å². The Labute approximate surface area is 105 Å². The standard InChI is InChI=1S/C14H16N2S/c1-2-4-13-10(3-1)11-5-7-16-8-6-15-9-12(16)14(11)17-13/h1-4,12,15H,5-9H2. The summed E-state index contributed by atoms with van der Waals surface area (Å²) in [6.45, 7) is 4.72. The fourth-order valence-corrected chi connectivity index (χ4v) is 4.56. The molecule has 17 heavy (non-hydrogen) atoms. The van der Waals surface area contributed by atoms with E-state index in [1.807, 2.05) is 11.3 Å². The van der Waals surface area contributed by atoms with Crippen molar-refractivity contribution in [1.29, 1.82) is 0 Å². The summed E-state index contributed by atoms with van der Waals surface area (Å²) in [5, 5.41) is 5.03. The Kier molecular flexibility index (Phi) is 2.25. The highest BCUT2D eigenvalue weighted by molar-refractivity contribution is 7.19. The minimum Gasteiger partial charge on any atom is -0.314 e. The molecule has 1 unspecified atom stereocenters. The summed E-state index contributed by atoms with van der Waals surface area (Å²) >= 11 is 2.00. The molecule has 2 nitrogen and oxygen atoms in total. The third kappa shape index (κ3) is 1.46. The number of nitrogens with zero attached hydrogens (tertiary/aromatic N) is 1. The summed E-state index contributed by atoms with van der Waals surface area (Å²) in [5.74, 6) is 0. The first-order chi connectivity index (χ1) is 8.43. The van der Waals surface area contributed by atoms with Gasteiger partial charge >= 0.3 is 0 Å². The van der Waals surface area contributed by atoms with Gasteiger partial charge in [0, 0.05) is 35.8 Å². The van der Waals surface area contributed by atoms with E-state index < -0.39 is 0 Å². The molecule has 1 fully saturated rings. The molecule has 0 aliphatic carbocycles. The van der Waals surface area contributed by atoms with E-state index in [0.717, 1.165) is 13.1 Å². The van der Waals surface area contributed by atoms with Crippen LogP contribution in [-0.2, 0) is 6.42 Å². The van der Waals surface area contributed by atoms with Crippen LogP contribution >= 0.6 is 11.3 Å². The molecular formula is C14H16N2S. The van der Waals surface area contributed by atoms with Crippen LogP contribution in [0.4, 0.5) is 0 Å². The van der Waals surface area contributed by atoms with Crippen LogP contribution in [0.2, 0.25) is 0 Å². The van der Waals surface area contributed by atoms with E-state index in [1.165, 1.54) is 29.6 Å². The Bertz CT molecular complexity index is 560. The largest absolute Gasteiger partial charge is 0.314 e. The highest BCUT2D eigenvalue weighted by Gasteiger charge is 2.31. The first-order valence-corrected chi connectivity index (χ1v) is 7.20. The van der Waals surface area contributed by atoms with E-state index in [9.17, 15) is 0 Å². The van der Waals surface area contributed by atoms with Gasteiger partial charge in [-0.1, -0.05) is 18.2 Å². The molecule has 1 saturated heterocycles. The molecule has 0 saturated carbocycles. The molecule has 3 heteroatoms. The van der Waals surface area contributed by atoms with E-state index >= 15 is 0 Å². The van der Waals surface area contributed by atoms with Crippen LogP contribution in [0.15, 0.2) is 24.3 Å². The zero-order valence-corrected chi connectivity index (χ0v) is 10.6. The van der Waals surface area contributed by atoms with Crippen LogP contribution < -0.4 is 5.32 Å². The maximum atomic E-state index is 3.53. The lowest BCUT2D eigenvalue weighted by molar-refractivity contribution is 0.155. The molecule has 0 amide bonds. The lowest BCUT2D eigenvalue weighted by Gasteiger charge is -2.39. The van der Waals surface area contributed by atoms with Crippen molar-refractivity contribution in [3.63, 3.8) is 0 Å². The SMILES string of the molecule is c1ccc2c3c(sc2c1)C1CNCCN1CC3. The van der Waals surface area contributed by atoms with E-state index in [4.69, 9.17) is 0 Å². The second-order valence-corrected chi connectivity index (χ2v) is 6.03. The van der Waals surface area contributed by atoms with Crippen molar-refractivity contribution in [2.24, 2.45) is 0 Å². The number of hydrogen-bond donors (Lipinski definition) is 1. The molecule has 1 N–H and O–H groups in total. The Morgan fingerprint density at radius 1 is 1.24 bits per heavy atom. The topological polar surface area (TPSA) is 15.3 Å². The molecule has 4 rings (SSSR count). The Balaban J connectivity index is 1.89. The van der Waals surface area contributed by atoms with E-state index in [0.29, 0.717) is 6.04 Å². The van der Waals surface area contributed by atoms with Crippen molar-refractivity contribution in [3.05, 3.63) is 34.7 Å². The van der Waals surface area contributed by atoms with Crippen molar-refractivity contribution in [1.82, 2.24) is 10.2 Å². The van der Waals surface area contributed by atoms with Crippen LogP contribution in [0.3, 0.4) is 0 Å². The van der Waals surface area contributed by atoms with Crippen LogP contribution in [0, 0.1) is 0 Å². The summed E-state index contributed by atoms with van der Waals surface area (Å²) in [4.78, 5) is 4.26. The Morgan fingerprint density at radius 3 is 3.18 bits per heavy atom. The van der Waals surface area contributed by atoms with Crippen LogP contribution in [-0.4, -0.2) is 31.1 Å². The first-order valence-electron chi connectivity index (χ1n) is 6.38. The predicted molar refractivity (Wildman–Crippen MR) is 72.7 cm³/mol. The predicted octanol–water partition coefficient (Wildman–Crippen LogP) is 2.40. The molecular weight excluding hydrogens is 228 g/mol. The quantitative estimate of drug-likeness (QED) is 0.765. The summed E-state index contributed by atoms with van der Waals surface area (Å²) in [6, 6.07) is 9.50. The number of benzene rings is 1. The number of thiophene rings is 1. The average Bonchev–Trinajstić information content (AvgIpc) is 2.78. The smallest absolute Gasteiger partial charge is 0.0570 e. The van der Waals surface area contributed by atoms with Crippen LogP contribution in [0.25, 0.3) is 10.1 Å². The first kappa shape index (κ1) is 10.1. The Hall–Kier alpha value is -0.900. The lowest BCUT2D eigenvalue weighted by Crippen LogP contribution is -2.48. The molecule has 0 radical (unpaired) electrons. The van der Waals surface area contributed by atoms with Gasteiger partial charge in [0.25, 0.3) is 0 Å². The molecule has 2 aliphatic rings. The zero-order chi connectivity index (χ0) is 11.2. The van der Waals surface area contributed by atoms with Gasteiger partial charge in [-0.15, -0.1) is 11.3 Å². The van der Waals surface area contributed by atoms with E-state index in [2.05, 4.69) is 34.5 Å². The van der Waals surface area contributed by atoms with Gasteiger partial charge in [-0.05, 0) is 23.4 Å². The molecule has 2 aliphatic heterocycles. The minimum absolute atomic E-state index is 0.630. The number of nitrogens with one attached hydrogen (secondary N) is 1. The minimum atomic E-state index is 0.630. The van der Waals surface area contributed by atoms with Gasteiger partial charge in [0.05, 0.1) is 6.04 Å². The average molecular weight is 244 g/mol. The third-order valence-electron chi connectivity index (χ3n) is 4.04. The molecule has 3 heterocycles. The van der Waals surface area contributed by atoms with E-state index in [-0.39, 0.29) is 0 Å². The second kappa shape index (κ2) is 3.80. The number of hydrogen-bond acceptors (Lipinski definition) is 3. The number of rotatable bonds is 0. The number of piperazine rings is 1. The highest BCUT2D eigenvalue weighted by atomic mass is 32.1. The van der Waals surface area contributed by atoms with Crippen molar-refractivity contribution >= 4 is 21.4 Å². The Morgan fingerprint density at radius 2 is 2.18 bits per heavy atom. The van der Waals surface area contributed by atoms with Gasteiger partial charge in [-0.3, -0.25) is 4.90 Å². The summed E-state index contributed by atoms with van der Waals surface area (Å²) in [6.07, 6.45) is 1.23. The molecule has 0 spiro atoms. The van der Waals surface area contributed by atoms with Crippen molar-refractivity contribution in [2.75, 3.05) is 26.2 Å². The fourth-order valence-electron chi connectivity index (χ4n) is 3.17. The molecule has 1 aromatic heterocycles.